The van der Waals surface area contributed by atoms with Gasteiger partial charge < -0.3 is 15.5 Å². The van der Waals surface area contributed by atoms with E-state index in [2.05, 4.69) is 4.90 Å². The third-order valence-electron chi connectivity index (χ3n) is 5.78. The molecule has 2 N–H and O–H groups in total. The Hall–Kier alpha value is -2.61. The van der Waals surface area contributed by atoms with Gasteiger partial charge in [0.2, 0.25) is 11.8 Å². The van der Waals surface area contributed by atoms with Gasteiger partial charge in [0.15, 0.2) is 0 Å². The Morgan fingerprint density at radius 1 is 1.18 bits per heavy atom. The fourth-order valence-electron chi connectivity index (χ4n) is 3.87. The van der Waals surface area contributed by atoms with Gasteiger partial charge in [0.1, 0.15) is 5.54 Å². The number of fused-ring (bicyclic) bond motifs is 1. The quantitative estimate of drug-likeness (QED) is 0.759. The molecule has 2 saturated heterocycles. The molecule has 3 rings (SSSR count). The normalized spacial score (nSPS) is 21.4. The van der Waals surface area contributed by atoms with Gasteiger partial charge in [-0.05, 0) is 43.8 Å². The number of nitrogens with zero attached hydrogens (tertiary/aromatic N) is 4. The van der Waals surface area contributed by atoms with Gasteiger partial charge in [-0.15, -0.1) is 0 Å². The lowest BCUT2D eigenvalue weighted by atomic mass is 9.96. The van der Waals surface area contributed by atoms with Crippen LogP contribution in [-0.2, 0) is 9.59 Å². The first-order valence-electron chi connectivity index (χ1n) is 9.66. The number of carbonyl (C=O) groups excluding carboxylic acids is 3. The fourth-order valence-corrected chi connectivity index (χ4v) is 3.87. The number of hydrogen-bond acceptors (Lipinski definition) is 4. The average molecular weight is 386 g/mol. The van der Waals surface area contributed by atoms with Crippen LogP contribution >= 0.6 is 0 Å². The molecule has 2 aliphatic heterocycles. The minimum atomic E-state index is -1.02. The summed E-state index contributed by atoms with van der Waals surface area (Å²) in [6.45, 7) is 6.78. The van der Waals surface area contributed by atoms with E-state index in [1.165, 1.54) is 0 Å². The summed E-state index contributed by atoms with van der Waals surface area (Å²) in [5.74, 6) is -0.490. The molecule has 2 fully saturated rings. The van der Waals surface area contributed by atoms with Crippen LogP contribution in [-0.4, -0.2) is 73.0 Å². The summed E-state index contributed by atoms with van der Waals surface area (Å²) in [4.78, 5) is 44.0. The van der Waals surface area contributed by atoms with Crippen LogP contribution in [0.2, 0.25) is 0 Å². The molecule has 1 atom stereocenters. The maximum absolute atomic E-state index is 12.8. The van der Waals surface area contributed by atoms with Crippen molar-refractivity contribution in [3.63, 3.8) is 0 Å². The molecule has 0 bridgehead atoms. The molecule has 0 unspecified atom stereocenters. The molecule has 1 aromatic carbocycles. The first kappa shape index (κ1) is 20.1. The summed E-state index contributed by atoms with van der Waals surface area (Å²) in [7, 11) is 1.75. The highest BCUT2D eigenvalue weighted by Gasteiger charge is 2.56. The highest BCUT2D eigenvalue weighted by molar-refractivity contribution is 6.04. The maximum Gasteiger partial charge on any atom is 0.325 e. The lowest BCUT2D eigenvalue weighted by Gasteiger charge is -2.25. The monoisotopic (exact) mass is 386 g/mol. The number of rotatable bonds is 7. The minimum Gasteiger partial charge on any atom is -0.368 e. The van der Waals surface area contributed by atoms with Crippen molar-refractivity contribution < 1.29 is 14.4 Å². The highest BCUT2D eigenvalue weighted by Crippen LogP contribution is 2.38. The van der Waals surface area contributed by atoms with Gasteiger partial charge in [0.05, 0.1) is 13.1 Å². The zero-order valence-corrected chi connectivity index (χ0v) is 16.7. The highest BCUT2D eigenvalue weighted by atomic mass is 16.2. The lowest BCUT2D eigenvalue weighted by Crippen LogP contribution is -2.53. The zero-order valence-electron chi connectivity index (χ0n) is 16.7. The van der Waals surface area contributed by atoms with Crippen molar-refractivity contribution in [2.24, 2.45) is 5.73 Å². The fraction of sp³-hybridized carbons (Fsp3) is 0.500. The van der Waals surface area contributed by atoms with Gasteiger partial charge in [-0.25, -0.2) is 4.79 Å². The Balaban J connectivity index is 1.74. The van der Waals surface area contributed by atoms with Crippen molar-refractivity contribution in [1.82, 2.24) is 9.80 Å². The van der Waals surface area contributed by atoms with Crippen molar-refractivity contribution in [3.05, 3.63) is 30.7 Å². The minimum absolute atomic E-state index is 0.0108. The molecule has 8 nitrogen and oxygen atoms in total. The number of primary amides is 1. The Kier molecular flexibility index (Phi) is 5.60. The molecule has 8 heteroatoms. The van der Waals surface area contributed by atoms with E-state index in [1.54, 1.807) is 33.9 Å². The van der Waals surface area contributed by atoms with Gasteiger partial charge in [-0.2, -0.15) is 0 Å². The second kappa shape index (κ2) is 7.79. The van der Waals surface area contributed by atoms with Crippen molar-refractivity contribution in [2.45, 2.75) is 25.8 Å². The van der Waals surface area contributed by atoms with Crippen LogP contribution in [0.15, 0.2) is 24.3 Å². The van der Waals surface area contributed by atoms with Crippen molar-refractivity contribution >= 4 is 29.2 Å². The van der Waals surface area contributed by atoms with E-state index in [0.29, 0.717) is 25.2 Å². The molecule has 0 spiro atoms. The molecule has 4 amide bonds. The first-order valence-corrected chi connectivity index (χ1v) is 9.66. The van der Waals surface area contributed by atoms with E-state index in [-0.39, 0.29) is 18.5 Å². The SMILES string of the molecule is CCN(CC)CC(=O)N(C)c1ccc(N2C[C@@]3(C(N)=O)[CH]CCN3C2=O)cc1. The number of benzene rings is 1. The number of nitrogens with two attached hydrogens (primary N) is 1. The Morgan fingerprint density at radius 2 is 1.82 bits per heavy atom. The van der Waals surface area contributed by atoms with E-state index < -0.39 is 11.4 Å². The third-order valence-corrected chi connectivity index (χ3v) is 5.78. The molecule has 1 radical (unpaired) electrons. The topological polar surface area (TPSA) is 90.2 Å². The molecular formula is C20H28N5O3. The van der Waals surface area contributed by atoms with Gasteiger partial charge in [-0.1, -0.05) is 13.8 Å². The van der Waals surface area contributed by atoms with E-state index in [4.69, 9.17) is 5.73 Å². The van der Waals surface area contributed by atoms with Crippen LogP contribution < -0.4 is 15.5 Å². The molecule has 0 aliphatic carbocycles. The van der Waals surface area contributed by atoms with Crippen LogP contribution in [0.4, 0.5) is 16.2 Å². The van der Waals surface area contributed by atoms with Crippen LogP contribution in [0.3, 0.4) is 0 Å². The Bertz CT molecular complexity index is 762. The summed E-state index contributed by atoms with van der Waals surface area (Å²) < 4.78 is 0. The molecule has 151 valence electrons. The van der Waals surface area contributed by atoms with Gasteiger partial charge in [0.25, 0.3) is 0 Å². The lowest BCUT2D eigenvalue weighted by molar-refractivity contribution is -0.124. The summed E-state index contributed by atoms with van der Waals surface area (Å²) in [6, 6.07) is 7.00. The molecule has 2 aliphatic rings. The number of carbonyl (C=O) groups is 3. The predicted octanol–water partition coefficient (Wildman–Crippen LogP) is 1.07. The molecule has 1 aromatic rings. The molecule has 2 heterocycles. The van der Waals surface area contributed by atoms with E-state index in [0.717, 1.165) is 18.8 Å². The van der Waals surface area contributed by atoms with Crippen LogP contribution in [0, 0.1) is 6.42 Å². The second-order valence-electron chi connectivity index (χ2n) is 7.23. The third kappa shape index (κ3) is 3.32. The Labute approximate surface area is 165 Å². The van der Waals surface area contributed by atoms with Gasteiger partial charge >= 0.3 is 6.03 Å². The molecule has 0 saturated carbocycles. The van der Waals surface area contributed by atoms with Crippen molar-refractivity contribution in [1.29, 1.82) is 0 Å². The zero-order chi connectivity index (χ0) is 20.5. The first-order chi connectivity index (χ1) is 13.3. The molecule has 0 aromatic heterocycles. The smallest absolute Gasteiger partial charge is 0.325 e. The predicted molar refractivity (Wildman–Crippen MR) is 108 cm³/mol. The van der Waals surface area contributed by atoms with E-state index in [9.17, 15) is 14.4 Å². The number of hydrogen-bond donors (Lipinski definition) is 1. The van der Waals surface area contributed by atoms with Crippen LogP contribution in [0.5, 0.6) is 0 Å². The average Bonchev–Trinajstić information content (AvgIpc) is 3.25. The summed E-state index contributed by atoms with van der Waals surface area (Å²) >= 11 is 0. The van der Waals surface area contributed by atoms with Crippen LogP contribution in [0.25, 0.3) is 0 Å². The summed E-state index contributed by atoms with van der Waals surface area (Å²) in [5.41, 5.74) is 6.01. The van der Waals surface area contributed by atoms with Gasteiger partial charge in [0, 0.05) is 31.4 Å². The maximum atomic E-state index is 12.8. The largest absolute Gasteiger partial charge is 0.368 e. The molecule has 28 heavy (non-hydrogen) atoms. The standard InChI is InChI=1S/C20H28N5O3/c1-4-23(5-2)13-17(26)22(3)15-7-9-16(10-8-15)24-14-20(18(21)27)11-6-12-25(20)19(24)28/h7-11H,4-6,12-14H2,1-3H3,(H2,21,27)/t20-/m1/s1. The summed E-state index contributed by atoms with van der Waals surface area (Å²) in [6.07, 6.45) is 2.50. The number of urea groups is 1. The summed E-state index contributed by atoms with van der Waals surface area (Å²) in [5, 5.41) is 0. The second-order valence-corrected chi connectivity index (χ2v) is 7.23. The number of amides is 4. The van der Waals surface area contributed by atoms with Crippen LogP contribution in [0.1, 0.15) is 20.3 Å². The molecular weight excluding hydrogens is 358 g/mol. The van der Waals surface area contributed by atoms with E-state index >= 15 is 0 Å². The van der Waals surface area contributed by atoms with Gasteiger partial charge in [-0.3, -0.25) is 19.4 Å². The van der Waals surface area contributed by atoms with Crippen molar-refractivity contribution in [2.75, 3.05) is 49.6 Å². The Morgan fingerprint density at radius 3 is 2.36 bits per heavy atom. The number of anilines is 2. The van der Waals surface area contributed by atoms with E-state index in [1.807, 2.05) is 32.4 Å². The van der Waals surface area contributed by atoms with Crippen molar-refractivity contribution in [3.8, 4) is 0 Å². The number of likely N-dealkylation sites (N-methyl/N-ethyl adjacent to an activating group) is 2.